The summed E-state index contributed by atoms with van der Waals surface area (Å²) in [6.45, 7) is 2.19. The topological polar surface area (TPSA) is 58.6 Å². The fourth-order valence-corrected chi connectivity index (χ4v) is 4.00. The maximum absolute atomic E-state index is 13.4. The van der Waals surface area contributed by atoms with Gasteiger partial charge in [0.15, 0.2) is 11.6 Å². The Morgan fingerprint density at radius 3 is 2.30 bits per heavy atom. The second kappa shape index (κ2) is 8.39. The van der Waals surface area contributed by atoms with Crippen molar-refractivity contribution in [1.82, 2.24) is 9.62 Å². The zero-order valence-corrected chi connectivity index (χ0v) is 15.2. The number of benzene rings is 2. The molecule has 27 heavy (non-hydrogen) atoms. The van der Waals surface area contributed by atoms with E-state index in [1.54, 1.807) is 12.1 Å². The predicted octanol–water partition coefficient (Wildman–Crippen LogP) is 2.46. The van der Waals surface area contributed by atoms with Crippen molar-refractivity contribution >= 4 is 10.0 Å². The average molecular weight is 400 g/mol. The molecule has 3 rings (SSSR count). The van der Waals surface area contributed by atoms with Gasteiger partial charge in [0.1, 0.15) is 5.82 Å². The van der Waals surface area contributed by atoms with Crippen LogP contribution in [0.25, 0.3) is 0 Å². The molecule has 0 radical (unpaired) electrons. The monoisotopic (exact) mass is 400 g/mol. The number of hydrogen-bond acceptors (Lipinski definition) is 4. The first kappa shape index (κ1) is 19.8. The smallest absolute Gasteiger partial charge is 0.240 e. The Bertz CT molecular complexity index is 885. The lowest BCUT2D eigenvalue weighted by Gasteiger charge is -2.34. The Labute approximate surface area is 155 Å². The van der Waals surface area contributed by atoms with Crippen LogP contribution in [0.4, 0.5) is 13.2 Å². The number of rotatable bonds is 6. The molecule has 0 bridgehead atoms. The quantitative estimate of drug-likeness (QED) is 0.809. The van der Waals surface area contributed by atoms with Gasteiger partial charge in [-0.15, -0.1) is 0 Å². The maximum Gasteiger partial charge on any atom is 0.240 e. The van der Waals surface area contributed by atoms with Crippen molar-refractivity contribution in [2.75, 3.05) is 32.8 Å². The molecule has 2 aromatic carbocycles. The second-order valence-electron chi connectivity index (χ2n) is 6.14. The third-order valence-corrected chi connectivity index (χ3v) is 5.83. The van der Waals surface area contributed by atoms with E-state index in [0.717, 1.165) is 17.7 Å². The summed E-state index contributed by atoms with van der Waals surface area (Å²) < 4.78 is 72.4. The van der Waals surface area contributed by atoms with E-state index in [9.17, 15) is 21.6 Å². The lowest BCUT2D eigenvalue weighted by Crippen LogP contribution is -2.43. The molecule has 1 aliphatic rings. The number of nitrogens with zero attached hydrogens (tertiary/aromatic N) is 1. The molecule has 1 heterocycles. The molecule has 9 heteroatoms. The number of hydrogen-bond donors (Lipinski definition) is 1. The number of halogens is 3. The van der Waals surface area contributed by atoms with Gasteiger partial charge >= 0.3 is 0 Å². The van der Waals surface area contributed by atoms with E-state index < -0.39 is 21.7 Å². The summed E-state index contributed by atoms with van der Waals surface area (Å²) in [6, 6.07) is 7.88. The molecular formula is C18H19F3N2O3S. The number of ether oxygens (including phenoxy) is 1. The average Bonchev–Trinajstić information content (AvgIpc) is 2.66. The molecule has 0 aromatic heterocycles. The normalized spacial score (nSPS) is 17.0. The Kier molecular flexibility index (Phi) is 6.15. The van der Waals surface area contributed by atoms with Gasteiger partial charge < -0.3 is 4.74 Å². The minimum Gasteiger partial charge on any atom is -0.379 e. The maximum atomic E-state index is 13.4. The zero-order chi connectivity index (χ0) is 19.4. The van der Waals surface area contributed by atoms with Crippen LogP contribution in [0.15, 0.2) is 47.4 Å². The van der Waals surface area contributed by atoms with Crippen LogP contribution in [-0.4, -0.2) is 46.2 Å². The van der Waals surface area contributed by atoms with E-state index in [4.69, 9.17) is 4.74 Å². The van der Waals surface area contributed by atoms with E-state index in [0.29, 0.717) is 32.4 Å². The van der Waals surface area contributed by atoms with Crippen LogP contribution in [0.2, 0.25) is 0 Å². The van der Waals surface area contributed by atoms with Crippen LogP contribution in [0.3, 0.4) is 0 Å². The van der Waals surface area contributed by atoms with E-state index in [1.807, 2.05) is 4.90 Å². The summed E-state index contributed by atoms with van der Waals surface area (Å²) in [6.07, 6.45) is 0. The fourth-order valence-electron chi connectivity index (χ4n) is 2.95. The second-order valence-corrected chi connectivity index (χ2v) is 7.91. The third-order valence-electron chi connectivity index (χ3n) is 4.41. The van der Waals surface area contributed by atoms with Crippen molar-refractivity contribution in [3.8, 4) is 0 Å². The molecule has 1 atom stereocenters. The molecule has 1 unspecified atom stereocenters. The molecule has 0 amide bonds. The minimum atomic E-state index is -4.04. The largest absolute Gasteiger partial charge is 0.379 e. The third kappa shape index (κ3) is 4.86. The molecule has 1 N–H and O–H groups in total. The van der Waals surface area contributed by atoms with Gasteiger partial charge in [-0.1, -0.05) is 12.1 Å². The van der Waals surface area contributed by atoms with Crippen LogP contribution in [-0.2, 0) is 14.8 Å². The van der Waals surface area contributed by atoms with Crippen LogP contribution >= 0.6 is 0 Å². The highest BCUT2D eigenvalue weighted by molar-refractivity contribution is 7.89. The Morgan fingerprint density at radius 1 is 1.00 bits per heavy atom. The van der Waals surface area contributed by atoms with Crippen LogP contribution < -0.4 is 4.72 Å². The van der Waals surface area contributed by atoms with Gasteiger partial charge in [-0.3, -0.25) is 4.90 Å². The number of sulfonamides is 1. The highest BCUT2D eigenvalue weighted by atomic mass is 32.2. The predicted molar refractivity (Wildman–Crippen MR) is 93.1 cm³/mol. The lowest BCUT2D eigenvalue weighted by atomic mass is 10.0. The van der Waals surface area contributed by atoms with Crippen LogP contribution in [0.1, 0.15) is 11.6 Å². The number of morpholine rings is 1. The molecule has 0 spiro atoms. The Balaban J connectivity index is 1.80. The van der Waals surface area contributed by atoms with Gasteiger partial charge in [0.2, 0.25) is 10.0 Å². The lowest BCUT2D eigenvalue weighted by molar-refractivity contribution is 0.0172. The Morgan fingerprint density at radius 2 is 1.67 bits per heavy atom. The summed E-state index contributed by atoms with van der Waals surface area (Å²) in [5, 5.41) is 0. The summed E-state index contributed by atoms with van der Waals surface area (Å²) in [7, 11) is -4.04. The van der Waals surface area contributed by atoms with Gasteiger partial charge in [-0.05, 0) is 35.9 Å². The van der Waals surface area contributed by atoms with Gasteiger partial charge in [0.25, 0.3) is 0 Å². The van der Waals surface area contributed by atoms with Crippen LogP contribution in [0.5, 0.6) is 0 Å². The van der Waals surface area contributed by atoms with Crippen LogP contribution in [0, 0.1) is 17.5 Å². The molecule has 1 saturated heterocycles. The zero-order valence-electron chi connectivity index (χ0n) is 14.4. The molecule has 1 fully saturated rings. The van der Waals surface area contributed by atoms with Crippen molar-refractivity contribution in [3.05, 3.63) is 65.5 Å². The fraction of sp³-hybridized carbons (Fsp3) is 0.333. The Hall–Kier alpha value is -1.94. The van der Waals surface area contributed by atoms with E-state index >= 15 is 0 Å². The summed E-state index contributed by atoms with van der Waals surface area (Å²) >= 11 is 0. The molecule has 0 saturated carbocycles. The SMILES string of the molecule is O=S(=O)(NCC(c1ccc(F)cc1)N1CCOCC1)c1ccc(F)c(F)c1. The first-order valence-corrected chi connectivity index (χ1v) is 9.87. The van der Waals surface area contributed by atoms with Crippen molar-refractivity contribution in [2.24, 2.45) is 0 Å². The first-order chi connectivity index (χ1) is 12.9. The van der Waals surface area contributed by atoms with Crippen molar-refractivity contribution in [1.29, 1.82) is 0 Å². The minimum absolute atomic E-state index is 0.00698. The first-order valence-electron chi connectivity index (χ1n) is 8.39. The van der Waals surface area contributed by atoms with Crippen molar-refractivity contribution in [2.45, 2.75) is 10.9 Å². The van der Waals surface area contributed by atoms with Gasteiger partial charge in [-0.2, -0.15) is 0 Å². The molecule has 146 valence electrons. The molecule has 1 aliphatic heterocycles. The van der Waals surface area contributed by atoms with Crippen molar-refractivity contribution < 1.29 is 26.3 Å². The highest BCUT2D eigenvalue weighted by Crippen LogP contribution is 2.23. The summed E-state index contributed by atoms with van der Waals surface area (Å²) in [4.78, 5) is 1.67. The van der Waals surface area contributed by atoms with Gasteiger partial charge in [0, 0.05) is 25.7 Å². The molecule has 0 aliphatic carbocycles. The van der Waals surface area contributed by atoms with Gasteiger partial charge in [-0.25, -0.2) is 26.3 Å². The summed E-state index contributed by atoms with van der Waals surface area (Å²) in [5.41, 5.74) is 0.742. The molecule has 5 nitrogen and oxygen atoms in total. The summed E-state index contributed by atoms with van der Waals surface area (Å²) in [5.74, 6) is -2.74. The van der Waals surface area contributed by atoms with E-state index in [1.165, 1.54) is 12.1 Å². The number of nitrogens with one attached hydrogen (secondary N) is 1. The van der Waals surface area contributed by atoms with Crippen molar-refractivity contribution in [3.63, 3.8) is 0 Å². The highest BCUT2D eigenvalue weighted by Gasteiger charge is 2.25. The van der Waals surface area contributed by atoms with E-state index in [2.05, 4.69) is 4.72 Å². The van der Waals surface area contributed by atoms with E-state index in [-0.39, 0.29) is 23.3 Å². The standard InChI is InChI=1S/C18H19F3N2O3S/c19-14-3-1-13(2-4-14)18(23-7-9-26-10-8-23)12-22-27(24,25)15-5-6-16(20)17(21)11-15/h1-6,11,18,22H,7-10,12H2. The molecule has 2 aromatic rings. The van der Waals surface area contributed by atoms with Gasteiger partial charge in [0.05, 0.1) is 18.1 Å². The molecular weight excluding hydrogens is 381 g/mol.